The summed E-state index contributed by atoms with van der Waals surface area (Å²) in [5.41, 5.74) is 0. The van der Waals surface area contributed by atoms with Gasteiger partial charge in [0.15, 0.2) is 5.96 Å². The van der Waals surface area contributed by atoms with Crippen LogP contribution in [0.5, 0.6) is 0 Å². The highest BCUT2D eigenvalue weighted by atomic mass is 16.5. The van der Waals surface area contributed by atoms with Crippen LogP contribution in [-0.4, -0.2) is 62.8 Å². The third-order valence-corrected chi connectivity index (χ3v) is 4.70. The van der Waals surface area contributed by atoms with Gasteiger partial charge >= 0.3 is 0 Å². The summed E-state index contributed by atoms with van der Waals surface area (Å²) in [6.45, 7) is 13.8. The summed E-state index contributed by atoms with van der Waals surface area (Å²) in [5.74, 6) is 1.45. The zero-order chi connectivity index (χ0) is 17.1. The minimum absolute atomic E-state index is 0.319. The third-order valence-electron chi connectivity index (χ3n) is 4.70. The monoisotopic (exact) mass is 326 g/mol. The second kappa shape index (κ2) is 11.7. The summed E-state index contributed by atoms with van der Waals surface area (Å²) < 4.78 is 5.78. The molecule has 0 bridgehead atoms. The molecule has 5 heteroatoms. The van der Waals surface area contributed by atoms with Crippen LogP contribution < -0.4 is 10.6 Å². The fourth-order valence-electron chi connectivity index (χ4n) is 3.18. The lowest BCUT2D eigenvalue weighted by Crippen LogP contribution is -2.45. The second-order valence-electron chi connectivity index (χ2n) is 6.83. The van der Waals surface area contributed by atoms with E-state index in [-0.39, 0.29) is 0 Å². The van der Waals surface area contributed by atoms with Crippen molar-refractivity contribution in [3.05, 3.63) is 0 Å². The number of hydrogen-bond donors (Lipinski definition) is 2. The molecule has 0 spiro atoms. The maximum atomic E-state index is 5.78. The van der Waals surface area contributed by atoms with Crippen LogP contribution in [0.4, 0.5) is 0 Å². The molecule has 5 nitrogen and oxygen atoms in total. The van der Waals surface area contributed by atoms with Gasteiger partial charge in [-0.25, -0.2) is 0 Å². The van der Waals surface area contributed by atoms with Crippen molar-refractivity contribution in [2.45, 2.75) is 65.5 Å². The molecule has 23 heavy (non-hydrogen) atoms. The second-order valence-corrected chi connectivity index (χ2v) is 6.83. The first-order valence-electron chi connectivity index (χ1n) is 9.38. The molecular formula is C18H38N4O. The van der Waals surface area contributed by atoms with E-state index in [9.17, 15) is 0 Å². The third kappa shape index (κ3) is 8.02. The summed E-state index contributed by atoms with van der Waals surface area (Å²) >= 11 is 0. The molecule has 0 saturated carbocycles. The normalized spacial score (nSPS) is 21.5. The number of nitrogens with one attached hydrogen (secondary N) is 2. The quantitative estimate of drug-likeness (QED) is 0.505. The number of ether oxygens (including phenoxy) is 1. The Morgan fingerprint density at radius 2 is 2.00 bits per heavy atom. The number of rotatable bonds is 9. The van der Waals surface area contributed by atoms with Crippen LogP contribution in [0, 0.1) is 5.92 Å². The molecule has 0 amide bonds. The first-order valence-corrected chi connectivity index (χ1v) is 9.38. The Balaban J connectivity index is 2.21. The molecule has 1 rings (SSSR count). The molecule has 0 aromatic heterocycles. The lowest BCUT2D eigenvalue weighted by molar-refractivity contribution is 0.0258. The van der Waals surface area contributed by atoms with Gasteiger partial charge in [0.05, 0.1) is 6.10 Å². The number of likely N-dealkylation sites (tertiary alicyclic amines) is 1. The van der Waals surface area contributed by atoms with Crippen molar-refractivity contribution >= 4 is 5.96 Å². The van der Waals surface area contributed by atoms with E-state index in [0.717, 1.165) is 44.7 Å². The Hall–Kier alpha value is -0.810. The molecule has 2 atom stereocenters. The Morgan fingerprint density at radius 3 is 2.61 bits per heavy atom. The van der Waals surface area contributed by atoms with Crippen molar-refractivity contribution < 1.29 is 4.74 Å². The summed E-state index contributed by atoms with van der Waals surface area (Å²) in [6.07, 6.45) is 5.38. The number of piperidine rings is 1. The van der Waals surface area contributed by atoms with Crippen molar-refractivity contribution in [3.63, 3.8) is 0 Å². The molecule has 0 aromatic rings. The fraction of sp³-hybridized carbons (Fsp3) is 0.944. The molecule has 0 aliphatic carbocycles. The van der Waals surface area contributed by atoms with Crippen molar-refractivity contribution in [1.29, 1.82) is 0 Å². The number of nitrogens with zero attached hydrogens (tertiary/aromatic N) is 2. The Morgan fingerprint density at radius 1 is 1.26 bits per heavy atom. The molecule has 1 aliphatic rings. The molecule has 1 heterocycles. The van der Waals surface area contributed by atoms with Crippen LogP contribution in [0.2, 0.25) is 0 Å². The largest absolute Gasteiger partial charge is 0.378 e. The molecule has 1 fully saturated rings. The zero-order valence-corrected chi connectivity index (χ0v) is 15.9. The average molecular weight is 327 g/mol. The standard InChI is InChI=1S/C18H38N4O/c1-6-23-17(15(2)3)10-11-20-18(19-5)21-12-14-22-13-8-7-9-16(22)4/h15-17H,6-14H2,1-5H3,(H2,19,20,21). The first kappa shape index (κ1) is 20.2. The van der Waals surface area contributed by atoms with E-state index in [0.29, 0.717) is 12.0 Å². The average Bonchev–Trinajstić information content (AvgIpc) is 2.54. The van der Waals surface area contributed by atoms with Crippen molar-refractivity contribution in [2.24, 2.45) is 10.9 Å². The van der Waals surface area contributed by atoms with Crippen molar-refractivity contribution in [1.82, 2.24) is 15.5 Å². The Labute approximate surface area is 143 Å². The molecule has 0 radical (unpaired) electrons. The SMILES string of the molecule is CCOC(CCNC(=NC)NCCN1CCCCC1C)C(C)C. The van der Waals surface area contributed by atoms with Crippen molar-refractivity contribution in [2.75, 3.05) is 39.8 Å². The van der Waals surface area contributed by atoms with Crippen LogP contribution in [0.3, 0.4) is 0 Å². The van der Waals surface area contributed by atoms with Crippen LogP contribution in [0.25, 0.3) is 0 Å². The summed E-state index contributed by atoms with van der Waals surface area (Å²) in [4.78, 5) is 6.89. The van der Waals surface area contributed by atoms with Crippen LogP contribution in [0.15, 0.2) is 4.99 Å². The predicted molar refractivity (Wildman–Crippen MR) is 99.1 cm³/mol. The van der Waals surface area contributed by atoms with Gasteiger partial charge in [-0.05, 0) is 45.6 Å². The van der Waals surface area contributed by atoms with Crippen LogP contribution in [0.1, 0.15) is 53.4 Å². The number of guanidine groups is 1. The van der Waals surface area contributed by atoms with Gasteiger partial charge in [0.2, 0.25) is 0 Å². The molecule has 1 saturated heterocycles. The van der Waals surface area contributed by atoms with Gasteiger partial charge in [0.25, 0.3) is 0 Å². The van der Waals surface area contributed by atoms with Gasteiger partial charge in [-0.1, -0.05) is 20.3 Å². The molecular weight excluding hydrogens is 288 g/mol. The number of aliphatic imine (C=N–C) groups is 1. The van der Waals surface area contributed by atoms with Gasteiger partial charge in [0.1, 0.15) is 0 Å². The lowest BCUT2D eigenvalue weighted by atomic mass is 10.0. The van der Waals surface area contributed by atoms with E-state index in [1.165, 1.54) is 25.8 Å². The Kier molecular flexibility index (Phi) is 10.3. The summed E-state index contributed by atoms with van der Waals surface area (Å²) in [6, 6.07) is 0.721. The lowest BCUT2D eigenvalue weighted by Gasteiger charge is -2.33. The smallest absolute Gasteiger partial charge is 0.191 e. The van der Waals surface area contributed by atoms with E-state index in [1.54, 1.807) is 0 Å². The maximum absolute atomic E-state index is 5.78. The van der Waals surface area contributed by atoms with Gasteiger partial charge in [-0.2, -0.15) is 0 Å². The predicted octanol–water partition coefficient (Wildman–Crippen LogP) is 2.48. The number of hydrogen-bond acceptors (Lipinski definition) is 3. The van der Waals surface area contributed by atoms with E-state index in [4.69, 9.17) is 4.74 Å². The minimum Gasteiger partial charge on any atom is -0.378 e. The highest BCUT2D eigenvalue weighted by Crippen LogP contribution is 2.15. The minimum atomic E-state index is 0.319. The van der Waals surface area contributed by atoms with Gasteiger partial charge in [0, 0.05) is 39.3 Å². The fourth-order valence-corrected chi connectivity index (χ4v) is 3.18. The Bertz CT molecular complexity index is 321. The highest BCUT2D eigenvalue weighted by Gasteiger charge is 2.17. The van der Waals surface area contributed by atoms with Gasteiger partial charge in [-0.15, -0.1) is 0 Å². The van der Waals surface area contributed by atoms with Crippen molar-refractivity contribution in [3.8, 4) is 0 Å². The summed E-state index contributed by atoms with van der Waals surface area (Å²) in [7, 11) is 1.83. The zero-order valence-electron chi connectivity index (χ0n) is 15.9. The molecule has 0 aromatic carbocycles. The van der Waals surface area contributed by atoms with Gasteiger partial charge < -0.3 is 15.4 Å². The van der Waals surface area contributed by atoms with E-state index < -0.39 is 0 Å². The summed E-state index contributed by atoms with van der Waals surface area (Å²) in [5, 5.41) is 6.83. The maximum Gasteiger partial charge on any atom is 0.191 e. The van der Waals surface area contributed by atoms with E-state index in [2.05, 4.69) is 48.2 Å². The van der Waals surface area contributed by atoms with Gasteiger partial charge in [-0.3, -0.25) is 9.89 Å². The van der Waals surface area contributed by atoms with Crippen LogP contribution >= 0.6 is 0 Å². The molecule has 1 aliphatic heterocycles. The molecule has 136 valence electrons. The van der Waals surface area contributed by atoms with Crippen LogP contribution in [-0.2, 0) is 4.74 Å². The first-order chi connectivity index (χ1) is 11.1. The van der Waals surface area contributed by atoms with E-state index >= 15 is 0 Å². The topological polar surface area (TPSA) is 48.9 Å². The molecule has 2 N–H and O–H groups in total. The molecule has 2 unspecified atom stereocenters. The highest BCUT2D eigenvalue weighted by molar-refractivity contribution is 5.79. The van der Waals surface area contributed by atoms with E-state index in [1.807, 2.05) is 7.05 Å².